The van der Waals surface area contributed by atoms with Gasteiger partial charge in [0.15, 0.2) is 0 Å². The van der Waals surface area contributed by atoms with Crippen LogP contribution in [0.2, 0.25) is 0 Å². The zero-order valence-corrected chi connectivity index (χ0v) is 15.5. The van der Waals surface area contributed by atoms with E-state index in [9.17, 15) is 4.79 Å². The first-order valence-electron chi connectivity index (χ1n) is 9.91. The largest absolute Gasteiger partial charge is 0.460 e. The van der Waals surface area contributed by atoms with Crippen LogP contribution in [0.15, 0.2) is 42.5 Å². The molecule has 1 heterocycles. The quantitative estimate of drug-likeness (QED) is 0.559. The van der Waals surface area contributed by atoms with Crippen LogP contribution >= 0.6 is 0 Å². The Balaban J connectivity index is 1.82. The number of allylic oxidation sites excluding steroid dienone is 2. The third-order valence-electron chi connectivity index (χ3n) is 8.39. The zero-order chi connectivity index (χ0) is 17.5. The van der Waals surface area contributed by atoms with Crippen LogP contribution in [0.5, 0.6) is 0 Å². The van der Waals surface area contributed by atoms with Crippen molar-refractivity contribution in [2.45, 2.75) is 64.4 Å². The van der Waals surface area contributed by atoms with E-state index in [1.54, 1.807) is 0 Å². The second-order valence-electron chi connectivity index (χ2n) is 9.42. The summed E-state index contributed by atoms with van der Waals surface area (Å²) in [6.45, 7) is 6.88. The van der Waals surface area contributed by atoms with E-state index in [-0.39, 0.29) is 33.7 Å². The molecule has 0 N–H and O–H groups in total. The molecule has 2 nitrogen and oxygen atoms in total. The van der Waals surface area contributed by atoms with Crippen molar-refractivity contribution in [3.05, 3.63) is 48.0 Å². The maximum atomic E-state index is 13.2. The molecule has 3 aliphatic carbocycles. The van der Waals surface area contributed by atoms with Gasteiger partial charge in [-0.15, -0.1) is 0 Å². The van der Waals surface area contributed by atoms with Crippen molar-refractivity contribution in [3.63, 3.8) is 0 Å². The summed E-state index contributed by atoms with van der Waals surface area (Å²) in [5, 5.41) is 0. The first kappa shape index (κ1) is 15.7. The number of esters is 1. The lowest BCUT2D eigenvalue weighted by molar-refractivity contribution is -0.226. The molecule has 0 radical (unpaired) electrons. The minimum Gasteiger partial charge on any atom is -0.460 e. The lowest BCUT2D eigenvalue weighted by atomic mass is 9.48. The average Bonchev–Trinajstić information content (AvgIpc) is 3.01. The molecular formula is C23H28O2. The summed E-state index contributed by atoms with van der Waals surface area (Å²) in [5.74, 6) is 0.405. The third kappa shape index (κ3) is 1.41. The number of cyclic esters (lactones) is 1. The van der Waals surface area contributed by atoms with Crippen LogP contribution in [-0.2, 0) is 14.9 Å². The van der Waals surface area contributed by atoms with Gasteiger partial charge in [0, 0.05) is 5.41 Å². The van der Waals surface area contributed by atoms with E-state index in [1.807, 2.05) is 0 Å². The normalized spacial score (nSPS) is 47.0. The fourth-order valence-corrected chi connectivity index (χ4v) is 7.41. The molecule has 5 rings (SSSR count). The molecule has 0 aromatic heterocycles. The standard InChI is InChI=1S/C23H28O2/c1-16(2)18-22(19(24)25-18)15-21-12-8-7-11-20(21,3)23(22,14-13-21)17-9-5-4-6-10-17/h4-6,9-10,13-14,16,18H,7-8,11-12,15H2,1-3H3/t18-,20-,21-,22-,23-/m0/s1. The van der Waals surface area contributed by atoms with Crippen LogP contribution in [0, 0.1) is 22.2 Å². The second kappa shape index (κ2) is 4.58. The Kier molecular flexibility index (Phi) is 2.87. The summed E-state index contributed by atoms with van der Waals surface area (Å²) in [6, 6.07) is 10.8. The highest BCUT2D eigenvalue weighted by atomic mass is 16.6. The summed E-state index contributed by atoms with van der Waals surface area (Å²) in [7, 11) is 0. The van der Waals surface area contributed by atoms with Crippen LogP contribution in [-0.4, -0.2) is 12.1 Å². The number of carbonyl (C=O) groups is 1. The van der Waals surface area contributed by atoms with Gasteiger partial charge in [-0.1, -0.05) is 76.1 Å². The Labute approximate surface area is 150 Å². The Morgan fingerprint density at radius 2 is 1.80 bits per heavy atom. The molecule has 0 unspecified atom stereocenters. The van der Waals surface area contributed by atoms with Crippen LogP contribution in [0.25, 0.3) is 0 Å². The van der Waals surface area contributed by atoms with E-state index >= 15 is 0 Å². The maximum Gasteiger partial charge on any atom is 0.317 e. The number of hydrogen-bond acceptors (Lipinski definition) is 2. The predicted octanol–water partition coefficient (Wildman–Crippen LogP) is 5.03. The van der Waals surface area contributed by atoms with E-state index in [2.05, 4.69) is 63.3 Å². The molecule has 4 aliphatic rings. The molecule has 0 amide bonds. The van der Waals surface area contributed by atoms with Gasteiger partial charge in [-0.2, -0.15) is 0 Å². The summed E-state index contributed by atoms with van der Waals surface area (Å²) >= 11 is 0. The van der Waals surface area contributed by atoms with Gasteiger partial charge in [-0.25, -0.2) is 0 Å². The third-order valence-corrected chi connectivity index (χ3v) is 8.39. The molecule has 132 valence electrons. The smallest absolute Gasteiger partial charge is 0.317 e. The minimum absolute atomic E-state index is 0.0319. The van der Waals surface area contributed by atoms with Crippen LogP contribution in [0.1, 0.15) is 58.4 Å². The highest BCUT2D eigenvalue weighted by Gasteiger charge is 2.85. The van der Waals surface area contributed by atoms with Gasteiger partial charge in [0.05, 0.1) is 0 Å². The molecule has 1 spiro atoms. The SMILES string of the molecule is CC(C)[C@@H]1OC(=O)[C@]12C[C@]13C=C[C@]2(c2ccccc2)[C@@]1(C)CCCC3. The van der Waals surface area contributed by atoms with E-state index in [0.717, 1.165) is 6.42 Å². The highest BCUT2D eigenvalue weighted by Crippen LogP contribution is 2.82. The summed E-state index contributed by atoms with van der Waals surface area (Å²) in [4.78, 5) is 13.2. The molecule has 25 heavy (non-hydrogen) atoms. The van der Waals surface area contributed by atoms with Crippen LogP contribution < -0.4 is 0 Å². The van der Waals surface area contributed by atoms with E-state index in [1.165, 1.54) is 31.2 Å². The lowest BCUT2D eigenvalue weighted by Gasteiger charge is -2.58. The Morgan fingerprint density at radius 3 is 2.48 bits per heavy atom. The molecule has 1 aliphatic heterocycles. The van der Waals surface area contributed by atoms with Gasteiger partial charge in [0.1, 0.15) is 11.5 Å². The monoisotopic (exact) mass is 336 g/mol. The van der Waals surface area contributed by atoms with Gasteiger partial charge in [-0.05, 0) is 41.6 Å². The maximum absolute atomic E-state index is 13.2. The van der Waals surface area contributed by atoms with Gasteiger partial charge < -0.3 is 4.74 Å². The Morgan fingerprint density at radius 1 is 1.08 bits per heavy atom. The second-order valence-corrected chi connectivity index (χ2v) is 9.42. The highest BCUT2D eigenvalue weighted by molar-refractivity contribution is 5.89. The van der Waals surface area contributed by atoms with Gasteiger partial charge >= 0.3 is 5.97 Å². The fourth-order valence-electron chi connectivity index (χ4n) is 7.41. The molecule has 2 saturated carbocycles. The first-order valence-corrected chi connectivity index (χ1v) is 9.91. The van der Waals surface area contributed by atoms with Crippen molar-refractivity contribution >= 4 is 5.97 Å². The predicted molar refractivity (Wildman–Crippen MR) is 98.0 cm³/mol. The number of carbonyl (C=O) groups excluding carboxylic acids is 1. The molecule has 1 saturated heterocycles. The molecule has 5 atom stereocenters. The van der Waals surface area contributed by atoms with Gasteiger partial charge in [-0.3, -0.25) is 4.79 Å². The summed E-state index contributed by atoms with van der Waals surface area (Å²) < 4.78 is 5.81. The number of benzene rings is 1. The van der Waals surface area contributed by atoms with Crippen LogP contribution in [0.4, 0.5) is 0 Å². The van der Waals surface area contributed by atoms with Crippen molar-refractivity contribution in [2.24, 2.45) is 22.2 Å². The van der Waals surface area contributed by atoms with Crippen LogP contribution in [0.3, 0.4) is 0 Å². The first-order chi connectivity index (χ1) is 11.9. The lowest BCUT2D eigenvalue weighted by Crippen LogP contribution is -2.68. The van der Waals surface area contributed by atoms with E-state index in [0.29, 0.717) is 5.92 Å². The fraction of sp³-hybridized carbons (Fsp3) is 0.609. The molecule has 2 heteroatoms. The minimum atomic E-state index is -0.379. The van der Waals surface area contributed by atoms with Crippen molar-refractivity contribution in [3.8, 4) is 0 Å². The van der Waals surface area contributed by atoms with Crippen molar-refractivity contribution in [1.82, 2.24) is 0 Å². The van der Waals surface area contributed by atoms with E-state index < -0.39 is 0 Å². The number of rotatable bonds is 2. The molecule has 3 fully saturated rings. The van der Waals surface area contributed by atoms with Gasteiger partial charge in [0.2, 0.25) is 0 Å². The van der Waals surface area contributed by atoms with Crippen molar-refractivity contribution in [1.29, 1.82) is 0 Å². The molecule has 1 aromatic carbocycles. The summed E-state index contributed by atoms with van der Waals surface area (Å²) in [5.41, 5.74) is 1.000. The number of fused-ring (bicyclic) bond motifs is 1. The Hall–Kier alpha value is -1.57. The zero-order valence-electron chi connectivity index (χ0n) is 15.5. The topological polar surface area (TPSA) is 26.3 Å². The van der Waals surface area contributed by atoms with E-state index in [4.69, 9.17) is 4.74 Å². The average molecular weight is 336 g/mol. The molecule has 1 aromatic rings. The summed E-state index contributed by atoms with van der Waals surface area (Å²) in [6.07, 6.45) is 10.9. The van der Waals surface area contributed by atoms with Crippen molar-refractivity contribution in [2.75, 3.05) is 0 Å². The van der Waals surface area contributed by atoms with Gasteiger partial charge in [0.25, 0.3) is 0 Å². The van der Waals surface area contributed by atoms with Crippen molar-refractivity contribution < 1.29 is 9.53 Å². The molecular weight excluding hydrogens is 308 g/mol. The molecule has 2 bridgehead atoms. The Bertz CT molecular complexity index is 766. The number of ether oxygens (including phenoxy) is 1. The number of hydrogen-bond donors (Lipinski definition) is 0.